The Hall–Kier alpha value is -1.10. The summed E-state index contributed by atoms with van der Waals surface area (Å²) in [5, 5.41) is 4.81. The van der Waals surface area contributed by atoms with Gasteiger partial charge in [-0.3, -0.25) is 9.59 Å². The highest BCUT2D eigenvalue weighted by atomic mass is 16.2. The van der Waals surface area contributed by atoms with E-state index in [-0.39, 0.29) is 0 Å². The number of carbonyl (C=O) groups is 2. The molecule has 0 aliphatic rings. The zero-order valence-corrected chi connectivity index (χ0v) is 7.22. The summed E-state index contributed by atoms with van der Waals surface area (Å²) >= 11 is 0. The van der Waals surface area contributed by atoms with Gasteiger partial charge in [-0.15, -0.1) is 0 Å². The van der Waals surface area contributed by atoms with Gasteiger partial charge in [0.15, 0.2) is 0 Å². The second-order valence-electron chi connectivity index (χ2n) is 2.30. The number of nitrogens with two attached hydrogens (primary N) is 1. The molecule has 0 bridgehead atoms. The van der Waals surface area contributed by atoms with Crippen LogP contribution in [0.15, 0.2) is 0 Å². The standard InChI is InChI=1S/C7H15N3O2/c1-2-4-9-6(11)7(12)10-5-3-8/h2-5,8H2,1H3,(H,9,11)(H,10,12). The fourth-order valence-corrected chi connectivity index (χ4v) is 0.585. The lowest BCUT2D eigenvalue weighted by Crippen LogP contribution is -2.41. The number of hydrogen-bond acceptors (Lipinski definition) is 3. The second-order valence-corrected chi connectivity index (χ2v) is 2.30. The summed E-state index contributed by atoms with van der Waals surface area (Å²) < 4.78 is 0. The monoisotopic (exact) mass is 173 g/mol. The Morgan fingerprint density at radius 3 is 2.08 bits per heavy atom. The third kappa shape index (κ3) is 4.68. The SMILES string of the molecule is CCCNC(=O)C(=O)NCCN. The van der Waals surface area contributed by atoms with Crippen molar-refractivity contribution in [2.45, 2.75) is 13.3 Å². The van der Waals surface area contributed by atoms with Gasteiger partial charge in [-0.25, -0.2) is 0 Å². The lowest BCUT2D eigenvalue weighted by molar-refractivity contribution is -0.139. The molecule has 0 fully saturated rings. The number of nitrogens with one attached hydrogen (secondary N) is 2. The smallest absolute Gasteiger partial charge is 0.309 e. The van der Waals surface area contributed by atoms with Gasteiger partial charge in [0.25, 0.3) is 0 Å². The van der Waals surface area contributed by atoms with E-state index in [1.165, 1.54) is 0 Å². The van der Waals surface area contributed by atoms with E-state index in [2.05, 4.69) is 10.6 Å². The molecule has 0 aromatic carbocycles. The molecule has 0 spiro atoms. The van der Waals surface area contributed by atoms with E-state index in [4.69, 9.17) is 5.73 Å². The molecule has 0 saturated heterocycles. The molecule has 0 radical (unpaired) electrons. The molecule has 5 nitrogen and oxygen atoms in total. The fraction of sp³-hybridized carbons (Fsp3) is 0.714. The van der Waals surface area contributed by atoms with Crippen molar-refractivity contribution < 1.29 is 9.59 Å². The minimum Gasteiger partial charge on any atom is -0.348 e. The summed E-state index contributed by atoms with van der Waals surface area (Å²) in [6.07, 6.45) is 0.815. The number of amides is 2. The summed E-state index contributed by atoms with van der Waals surface area (Å²) in [7, 11) is 0. The third-order valence-corrected chi connectivity index (χ3v) is 1.17. The van der Waals surface area contributed by atoms with Crippen LogP contribution in [0.2, 0.25) is 0 Å². The van der Waals surface area contributed by atoms with Crippen molar-refractivity contribution in [1.29, 1.82) is 0 Å². The first-order valence-electron chi connectivity index (χ1n) is 3.98. The highest BCUT2D eigenvalue weighted by Gasteiger charge is 2.10. The van der Waals surface area contributed by atoms with Gasteiger partial charge in [0.2, 0.25) is 0 Å². The molecule has 0 aromatic rings. The van der Waals surface area contributed by atoms with Crippen LogP contribution in [0, 0.1) is 0 Å². The van der Waals surface area contributed by atoms with Gasteiger partial charge in [-0.05, 0) is 6.42 Å². The van der Waals surface area contributed by atoms with E-state index in [1.54, 1.807) is 0 Å². The van der Waals surface area contributed by atoms with Crippen LogP contribution in [0.5, 0.6) is 0 Å². The van der Waals surface area contributed by atoms with Gasteiger partial charge in [0.05, 0.1) is 0 Å². The molecule has 5 heteroatoms. The first-order chi connectivity index (χ1) is 5.72. The predicted octanol–water partition coefficient (Wildman–Crippen LogP) is -1.41. The number of carbonyl (C=O) groups excluding carboxylic acids is 2. The Labute approximate surface area is 71.7 Å². The van der Waals surface area contributed by atoms with Crippen molar-refractivity contribution in [2.24, 2.45) is 5.73 Å². The van der Waals surface area contributed by atoms with Crippen LogP contribution in [0.1, 0.15) is 13.3 Å². The van der Waals surface area contributed by atoms with Crippen molar-refractivity contribution in [1.82, 2.24) is 10.6 Å². The van der Waals surface area contributed by atoms with Crippen LogP contribution in [0.4, 0.5) is 0 Å². The van der Waals surface area contributed by atoms with Crippen LogP contribution in [-0.2, 0) is 9.59 Å². The van der Waals surface area contributed by atoms with Crippen molar-refractivity contribution in [2.75, 3.05) is 19.6 Å². The zero-order valence-electron chi connectivity index (χ0n) is 7.22. The first-order valence-corrected chi connectivity index (χ1v) is 3.98. The molecular formula is C7H15N3O2. The lowest BCUT2D eigenvalue weighted by atomic mass is 10.4. The van der Waals surface area contributed by atoms with Gasteiger partial charge in [-0.1, -0.05) is 6.92 Å². The van der Waals surface area contributed by atoms with Gasteiger partial charge in [-0.2, -0.15) is 0 Å². The average molecular weight is 173 g/mol. The first kappa shape index (κ1) is 10.9. The second kappa shape index (κ2) is 6.60. The van der Waals surface area contributed by atoms with E-state index >= 15 is 0 Å². The largest absolute Gasteiger partial charge is 0.348 e. The highest BCUT2D eigenvalue weighted by molar-refractivity contribution is 6.35. The topological polar surface area (TPSA) is 84.2 Å². The molecule has 0 rings (SSSR count). The van der Waals surface area contributed by atoms with Crippen LogP contribution in [0.25, 0.3) is 0 Å². The maximum absolute atomic E-state index is 10.8. The van der Waals surface area contributed by atoms with Gasteiger partial charge in [0, 0.05) is 19.6 Å². The summed E-state index contributed by atoms with van der Waals surface area (Å²) in [6, 6.07) is 0. The van der Waals surface area contributed by atoms with Gasteiger partial charge in [0.1, 0.15) is 0 Å². The molecule has 0 aliphatic carbocycles. The Balaban J connectivity index is 3.55. The summed E-state index contributed by atoms with van der Waals surface area (Å²) in [6.45, 7) is 3.11. The minimum atomic E-state index is -0.617. The van der Waals surface area contributed by atoms with E-state index in [0.29, 0.717) is 19.6 Å². The molecule has 70 valence electrons. The number of hydrogen-bond donors (Lipinski definition) is 3. The molecule has 4 N–H and O–H groups in total. The van der Waals surface area contributed by atoms with Crippen LogP contribution in [-0.4, -0.2) is 31.4 Å². The molecule has 0 saturated carbocycles. The zero-order chi connectivity index (χ0) is 9.40. The number of rotatable bonds is 4. The van der Waals surface area contributed by atoms with Crippen molar-refractivity contribution in [3.63, 3.8) is 0 Å². The van der Waals surface area contributed by atoms with Crippen LogP contribution >= 0.6 is 0 Å². The average Bonchev–Trinajstić information content (AvgIpc) is 2.10. The molecule has 0 aliphatic heterocycles. The normalized spacial score (nSPS) is 9.17. The third-order valence-electron chi connectivity index (χ3n) is 1.17. The Kier molecular flexibility index (Phi) is 6.00. The Morgan fingerprint density at radius 2 is 1.67 bits per heavy atom. The fourth-order valence-electron chi connectivity index (χ4n) is 0.585. The van der Waals surface area contributed by atoms with Crippen molar-refractivity contribution >= 4 is 11.8 Å². The van der Waals surface area contributed by atoms with Crippen LogP contribution in [0.3, 0.4) is 0 Å². The predicted molar refractivity (Wildman–Crippen MR) is 45.4 cm³/mol. The van der Waals surface area contributed by atoms with Gasteiger partial charge < -0.3 is 16.4 Å². The Morgan fingerprint density at radius 1 is 1.17 bits per heavy atom. The summed E-state index contributed by atoms with van der Waals surface area (Å²) in [5.41, 5.74) is 5.13. The van der Waals surface area contributed by atoms with E-state index in [1.807, 2.05) is 6.92 Å². The quantitative estimate of drug-likeness (QED) is 0.456. The Bertz CT molecular complexity index is 141. The summed E-state index contributed by atoms with van der Waals surface area (Å²) in [4.78, 5) is 21.7. The van der Waals surface area contributed by atoms with E-state index in [0.717, 1.165) is 6.42 Å². The molecule has 12 heavy (non-hydrogen) atoms. The van der Waals surface area contributed by atoms with Gasteiger partial charge >= 0.3 is 11.8 Å². The molecule has 0 atom stereocenters. The minimum absolute atomic E-state index is 0.332. The molecule has 0 unspecified atom stereocenters. The highest BCUT2D eigenvalue weighted by Crippen LogP contribution is 1.72. The maximum atomic E-state index is 10.8. The van der Waals surface area contributed by atoms with Crippen molar-refractivity contribution in [3.05, 3.63) is 0 Å². The van der Waals surface area contributed by atoms with Crippen LogP contribution < -0.4 is 16.4 Å². The molecule has 0 aromatic heterocycles. The molecule has 2 amide bonds. The molecule has 0 heterocycles. The maximum Gasteiger partial charge on any atom is 0.309 e. The summed E-state index contributed by atoms with van der Waals surface area (Å²) in [5.74, 6) is -1.21. The van der Waals surface area contributed by atoms with E-state index < -0.39 is 11.8 Å². The van der Waals surface area contributed by atoms with E-state index in [9.17, 15) is 9.59 Å². The lowest BCUT2D eigenvalue weighted by Gasteiger charge is -2.03. The van der Waals surface area contributed by atoms with Crippen molar-refractivity contribution in [3.8, 4) is 0 Å². The molecular weight excluding hydrogens is 158 g/mol.